The molecular weight excluding hydrogens is 262 g/mol. The van der Waals surface area contributed by atoms with Crippen LogP contribution in [-0.4, -0.2) is 18.6 Å². The SMILES string of the molecule is CO/N=C1\CCCc2cccc(C(=O)c3ccccc3)c21. The van der Waals surface area contributed by atoms with Gasteiger partial charge in [0.05, 0.1) is 5.71 Å². The summed E-state index contributed by atoms with van der Waals surface area (Å²) < 4.78 is 0. The van der Waals surface area contributed by atoms with E-state index in [9.17, 15) is 4.79 Å². The summed E-state index contributed by atoms with van der Waals surface area (Å²) >= 11 is 0. The third-order valence-electron chi connectivity index (χ3n) is 3.78. The average molecular weight is 279 g/mol. The molecule has 0 atom stereocenters. The van der Waals surface area contributed by atoms with Gasteiger partial charge in [-0.25, -0.2) is 0 Å². The lowest BCUT2D eigenvalue weighted by Crippen LogP contribution is -2.18. The second-order valence-corrected chi connectivity index (χ2v) is 5.11. The van der Waals surface area contributed by atoms with Gasteiger partial charge in [0.2, 0.25) is 0 Å². The summed E-state index contributed by atoms with van der Waals surface area (Å²) in [6.07, 6.45) is 2.87. The van der Waals surface area contributed by atoms with E-state index in [1.165, 1.54) is 5.56 Å². The fourth-order valence-corrected chi connectivity index (χ4v) is 2.86. The first-order valence-corrected chi connectivity index (χ1v) is 7.13. The molecule has 1 aliphatic rings. The van der Waals surface area contributed by atoms with E-state index in [1.54, 1.807) is 7.11 Å². The maximum Gasteiger partial charge on any atom is 0.193 e. The summed E-state index contributed by atoms with van der Waals surface area (Å²) in [5.41, 5.74) is 4.43. The zero-order chi connectivity index (χ0) is 14.7. The number of fused-ring (bicyclic) bond motifs is 1. The largest absolute Gasteiger partial charge is 0.399 e. The summed E-state index contributed by atoms with van der Waals surface area (Å²) in [5, 5.41) is 4.13. The van der Waals surface area contributed by atoms with Crippen LogP contribution in [0.15, 0.2) is 53.7 Å². The predicted molar refractivity (Wildman–Crippen MR) is 82.8 cm³/mol. The molecule has 0 aliphatic heterocycles. The lowest BCUT2D eigenvalue weighted by molar-refractivity contribution is 0.103. The number of rotatable bonds is 3. The Kier molecular flexibility index (Phi) is 3.82. The van der Waals surface area contributed by atoms with Crippen molar-refractivity contribution in [2.75, 3.05) is 7.11 Å². The zero-order valence-corrected chi connectivity index (χ0v) is 12.0. The molecule has 3 nitrogen and oxygen atoms in total. The first kappa shape index (κ1) is 13.6. The van der Waals surface area contributed by atoms with Crippen molar-refractivity contribution in [1.82, 2.24) is 0 Å². The van der Waals surface area contributed by atoms with Crippen molar-refractivity contribution in [1.29, 1.82) is 0 Å². The Bertz CT molecular complexity index is 690. The quantitative estimate of drug-likeness (QED) is 0.636. The number of hydrogen-bond acceptors (Lipinski definition) is 3. The first-order valence-electron chi connectivity index (χ1n) is 7.13. The van der Waals surface area contributed by atoms with E-state index in [0.29, 0.717) is 11.1 Å². The number of hydrogen-bond donors (Lipinski definition) is 0. The maximum absolute atomic E-state index is 12.8. The molecule has 0 fully saturated rings. The second-order valence-electron chi connectivity index (χ2n) is 5.11. The molecule has 1 aliphatic carbocycles. The Morgan fingerprint density at radius 1 is 1.05 bits per heavy atom. The fraction of sp³-hybridized carbons (Fsp3) is 0.222. The molecule has 106 valence electrons. The number of nitrogens with zero attached hydrogens (tertiary/aromatic N) is 1. The van der Waals surface area contributed by atoms with Crippen LogP contribution in [0.1, 0.15) is 39.9 Å². The molecule has 3 rings (SSSR count). The van der Waals surface area contributed by atoms with Crippen LogP contribution in [0.5, 0.6) is 0 Å². The highest BCUT2D eigenvalue weighted by Crippen LogP contribution is 2.27. The average Bonchev–Trinajstić information content (AvgIpc) is 2.55. The third-order valence-corrected chi connectivity index (χ3v) is 3.78. The molecule has 0 unspecified atom stereocenters. The van der Waals surface area contributed by atoms with Crippen LogP contribution >= 0.6 is 0 Å². The topological polar surface area (TPSA) is 38.7 Å². The molecular formula is C18H17NO2. The molecule has 0 aromatic heterocycles. The summed E-state index contributed by atoms with van der Waals surface area (Å²) in [6.45, 7) is 0. The molecule has 0 amide bonds. The van der Waals surface area contributed by atoms with Gasteiger partial charge in [-0.2, -0.15) is 0 Å². The minimum atomic E-state index is 0.0400. The summed E-state index contributed by atoms with van der Waals surface area (Å²) in [7, 11) is 1.54. The van der Waals surface area contributed by atoms with Gasteiger partial charge in [0.1, 0.15) is 7.11 Å². The molecule has 3 heteroatoms. The maximum atomic E-state index is 12.8. The normalized spacial score (nSPS) is 15.6. The van der Waals surface area contributed by atoms with Crippen LogP contribution in [0.4, 0.5) is 0 Å². The molecule has 0 spiro atoms. The zero-order valence-electron chi connectivity index (χ0n) is 12.0. The lowest BCUT2D eigenvalue weighted by atomic mass is 9.84. The Morgan fingerprint density at radius 3 is 2.62 bits per heavy atom. The van der Waals surface area contributed by atoms with Crippen molar-refractivity contribution in [2.24, 2.45) is 5.16 Å². The van der Waals surface area contributed by atoms with Crippen molar-refractivity contribution >= 4 is 11.5 Å². The van der Waals surface area contributed by atoms with E-state index in [1.807, 2.05) is 42.5 Å². The number of ketones is 1. The minimum Gasteiger partial charge on any atom is -0.399 e. The Labute approximate surface area is 124 Å². The molecule has 0 bridgehead atoms. The predicted octanol–water partition coefficient (Wildman–Crippen LogP) is 3.60. The van der Waals surface area contributed by atoms with Crippen LogP contribution in [0.3, 0.4) is 0 Å². The van der Waals surface area contributed by atoms with Crippen LogP contribution in [0.2, 0.25) is 0 Å². The van der Waals surface area contributed by atoms with E-state index >= 15 is 0 Å². The van der Waals surface area contributed by atoms with Gasteiger partial charge in [0.15, 0.2) is 5.78 Å². The molecule has 0 saturated heterocycles. The minimum absolute atomic E-state index is 0.0400. The molecule has 0 saturated carbocycles. The smallest absolute Gasteiger partial charge is 0.193 e. The summed E-state index contributed by atoms with van der Waals surface area (Å²) in [6, 6.07) is 15.3. The van der Waals surface area contributed by atoms with Crippen LogP contribution in [-0.2, 0) is 11.3 Å². The second kappa shape index (κ2) is 5.92. The number of oxime groups is 1. The van der Waals surface area contributed by atoms with Crippen molar-refractivity contribution in [3.63, 3.8) is 0 Å². The van der Waals surface area contributed by atoms with Crippen LogP contribution in [0.25, 0.3) is 0 Å². The van der Waals surface area contributed by atoms with Gasteiger partial charge >= 0.3 is 0 Å². The van der Waals surface area contributed by atoms with E-state index in [-0.39, 0.29) is 5.78 Å². The van der Waals surface area contributed by atoms with Gasteiger partial charge in [-0.1, -0.05) is 53.7 Å². The van der Waals surface area contributed by atoms with Crippen molar-refractivity contribution in [3.05, 3.63) is 70.8 Å². The van der Waals surface area contributed by atoms with Crippen molar-refractivity contribution < 1.29 is 9.63 Å². The van der Waals surface area contributed by atoms with Gasteiger partial charge < -0.3 is 4.84 Å². The Hall–Kier alpha value is -2.42. The van der Waals surface area contributed by atoms with Gasteiger partial charge in [-0.3, -0.25) is 4.79 Å². The van der Waals surface area contributed by atoms with Crippen molar-refractivity contribution in [3.8, 4) is 0 Å². The number of aryl methyl sites for hydroxylation is 1. The fourth-order valence-electron chi connectivity index (χ4n) is 2.86. The number of carbonyl (C=O) groups is 1. The van der Waals surface area contributed by atoms with Crippen molar-refractivity contribution in [2.45, 2.75) is 19.3 Å². The standard InChI is InChI=1S/C18H17NO2/c1-21-19-16-12-6-10-13-9-5-11-15(17(13)16)18(20)14-7-3-2-4-8-14/h2-5,7-9,11H,6,10,12H2,1H3/b19-16+. The van der Waals surface area contributed by atoms with Gasteiger partial charge in [-0.15, -0.1) is 0 Å². The lowest BCUT2D eigenvalue weighted by Gasteiger charge is -2.20. The van der Waals surface area contributed by atoms with Gasteiger partial charge in [0, 0.05) is 16.7 Å². The van der Waals surface area contributed by atoms with Gasteiger partial charge in [-0.05, 0) is 24.8 Å². The van der Waals surface area contributed by atoms with E-state index < -0.39 is 0 Å². The van der Waals surface area contributed by atoms with E-state index in [2.05, 4.69) is 11.2 Å². The van der Waals surface area contributed by atoms with E-state index in [4.69, 9.17) is 4.84 Å². The molecule has 0 N–H and O–H groups in total. The first-order chi connectivity index (χ1) is 10.3. The Balaban J connectivity index is 2.12. The molecule has 2 aromatic carbocycles. The highest BCUT2D eigenvalue weighted by atomic mass is 16.6. The summed E-state index contributed by atoms with van der Waals surface area (Å²) in [4.78, 5) is 17.7. The molecule has 2 aromatic rings. The molecule has 21 heavy (non-hydrogen) atoms. The molecule has 0 heterocycles. The monoisotopic (exact) mass is 279 g/mol. The van der Waals surface area contributed by atoms with E-state index in [0.717, 1.165) is 30.5 Å². The molecule has 0 radical (unpaired) electrons. The third kappa shape index (κ3) is 2.59. The number of benzene rings is 2. The highest BCUT2D eigenvalue weighted by molar-refractivity contribution is 6.17. The van der Waals surface area contributed by atoms with Crippen LogP contribution < -0.4 is 0 Å². The summed E-state index contributed by atoms with van der Waals surface area (Å²) in [5.74, 6) is 0.0400. The Morgan fingerprint density at radius 2 is 1.86 bits per heavy atom. The van der Waals surface area contributed by atoms with Gasteiger partial charge in [0.25, 0.3) is 0 Å². The van der Waals surface area contributed by atoms with Crippen LogP contribution in [0, 0.1) is 0 Å². The number of carbonyl (C=O) groups excluding carboxylic acids is 1. The highest BCUT2D eigenvalue weighted by Gasteiger charge is 2.23.